The van der Waals surface area contributed by atoms with Gasteiger partial charge in [-0.2, -0.15) is 5.10 Å². The summed E-state index contributed by atoms with van der Waals surface area (Å²) in [7, 11) is 0. The Morgan fingerprint density at radius 2 is 2.29 bits per heavy atom. The number of hydrogen-bond acceptors (Lipinski definition) is 5. The molecule has 2 aromatic heterocycles. The number of aryl methyl sites for hydroxylation is 2. The summed E-state index contributed by atoms with van der Waals surface area (Å²) in [6.45, 7) is 3.91. The average molecular weight is 301 g/mol. The molecule has 0 unspecified atom stereocenters. The number of nitrogens with two attached hydrogens (primary N) is 1. The fraction of sp³-hybridized carbons (Fsp3) is 0.214. The van der Waals surface area contributed by atoms with Gasteiger partial charge in [-0.05, 0) is 31.5 Å². The highest BCUT2D eigenvalue weighted by Gasteiger charge is 2.16. The maximum Gasteiger partial charge on any atom is 0.278 e. The van der Waals surface area contributed by atoms with E-state index in [0.29, 0.717) is 17.8 Å². The summed E-state index contributed by atoms with van der Waals surface area (Å²) in [5, 5.41) is 10.6. The lowest BCUT2D eigenvalue weighted by atomic mass is 10.2. The van der Waals surface area contributed by atoms with Crippen LogP contribution in [-0.4, -0.2) is 21.1 Å². The van der Waals surface area contributed by atoms with Gasteiger partial charge in [0.25, 0.3) is 5.91 Å². The quantitative estimate of drug-likeness (QED) is 0.693. The number of nitrogens with one attached hydrogen (secondary N) is 2. The van der Waals surface area contributed by atoms with Gasteiger partial charge in [0, 0.05) is 5.69 Å². The van der Waals surface area contributed by atoms with E-state index in [2.05, 4.69) is 20.5 Å². The van der Waals surface area contributed by atoms with Crippen LogP contribution < -0.4 is 11.1 Å². The van der Waals surface area contributed by atoms with Crippen LogP contribution in [0.25, 0.3) is 10.2 Å². The number of H-pyrrole nitrogens is 1. The van der Waals surface area contributed by atoms with Crippen molar-refractivity contribution in [3.05, 3.63) is 34.6 Å². The summed E-state index contributed by atoms with van der Waals surface area (Å²) >= 11 is 1.59. The Morgan fingerprint density at radius 3 is 3.00 bits per heavy atom. The number of fused-ring (bicyclic) bond motifs is 1. The van der Waals surface area contributed by atoms with Gasteiger partial charge in [0.2, 0.25) is 0 Å². The van der Waals surface area contributed by atoms with Crippen LogP contribution in [0.2, 0.25) is 0 Å². The second kappa shape index (κ2) is 5.17. The van der Waals surface area contributed by atoms with Crippen molar-refractivity contribution in [2.24, 2.45) is 0 Å². The maximum absolute atomic E-state index is 12.2. The molecule has 0 radical (unpaired) electrons. The highest BCUT2D eigenvalue weighted by atomic mass is 32.1. The predicted molar refractivity (Wildman–Crippen MR) is 84.7 cm³/mol. The van der Waals surface area contributed by atoms with Crippen molar-refractivity contribution in [3.63, 3.8) is 0 Å². The van der Waals surface area contributed by atoms with E-state index >= 15 is 0 Å². The minimum absolute atomic E-state index is 0.229. The van der Waals surface area contributed by atoms with E-state index in [1.165, 1.54) is 0 Å². The Bertz CT molecular complexity index is 820. The number of aromatic nitrogens is 3. The molecule has 0 aliphatic carbocycles. The zero-order chi connectivity index (χ0) is 15.0. The number of carbonyl (C=O) groups excluding carboxylic acids is 1. The van der Waals surface area contributed by atoms with Crippen LogP contribution in [0.15, 0.2) is 18.2 Å². The van der Waals surface area contributed by atoms with Crippen LogP contribution in [-0.2, 0) is 6.42 Å². The molecule has 21 heavy (non-hydrogen) atoms. The molecule has 108 valence electrons. The molecule has 0 bridgehead atoms. The fourth-order valence-corrected chi connectivity index (χ4v) is 3.00. The molecule has 0 saturated heterocycles. The van der Waals surface area contributed by atoms with Crippen LogP contribution >= 0.6 is 11.3 Å². The first-order valence-corrected chi connectivity index (χ1v) is 7.41. The molecule has 0 fully saturated rings. The van der Waals surface area contributed by atoms with E-state index < -0.39 is 0 Å². The molecule has 3 rings (SSSR count). The molecule has 2 heterocycles. The van der Waals surface area contributed by atoms with Crippen LogP contribution in [0, 0.1) is 6.92 Å². The molecule has 0 spiro atoms. The minimum Gasteiger partial charge on any atom is -0.395 e. The molecule has 0 saturated carbocycles. The average Bonchev–Trinajstić information content (AvgIpc) is 2.99. The standard InChI is InChI=1S/C14H15N5OS/c1-3-9-12(15)13(19-18-9)14(20)17-8-4-5-10-11(6-8)21-7(2)16-10/h4-6H,3,15H2,1-2H3,(H,17,20)(H,18,19). The van der Waals surface area contributed by atoms with Gasteiger partial charge in [0.05, 0.1) is 26.6 Å². The Hall–Kier alpha value is -2.41. The first-order chi connectivity index (χ1) is 10.1. The van der Waals surface area contributed by atoms with Crippen molar-refractivity contribution in [3.8, 4) is 0 Å². The number of aromatic amines is 1. The lowest BCUT2D eigenvalue weighted by Gasteiger charge is -2.03. The monoisotopic (exact) mass is 301 g/mol. The summed E-state index contributed by atoms with van der Waals surface area (Å²) in [6.07, 6.45) is 0.707. The van der Waals surface area contributed by atoms with Crippen LogP contribution in [0.5, 0.6) is 0 Å². The highest BCUT2D eigenvalue weighted by Crippen LogP contribution is 2.25. The third kappa shape index (κ3) is 2.47. The Morgan fingerprint density at radius 1 is 1.48 bits per heavy atom. The van der Waals surface area contributed by atoms with Gasteiger partial charge in [-0.25, -0.2) is 4.98 Å². The molecule has 1 amide bonds. The topological polar surface area (TPSA) is 96.7 Å². The fourth-order valence-electron chi connectivity index (χ4n) is 2.14. The Kier molecular flexibility index (Phi) is 3.34. The second-order valence-corrected chi connectivity index (χ2v) is 5.92. The van der Waals surface area contributed by atoms with Gasteiger partial charge in [-0.1, -0.05) is 6.92 Å². The number of hydrogen-bond donors (Lipinski definition) is 3. The van der Waals surface area contributed by atoms with Crippen LogP contribution in [0.4, 0.5) is 11.4 Å². The molecular weight excluding hydrogens is 286 g/mol. The van der Waals surface area contributed by atoms with E-state index in [1.807, 2.05) is 32.0 Å². The zero-order valence-corrected chi connectivity index (χ0v) is 12.5. The first kappa shape index (κ1) is 13.6. The molecule has 6 nitrogen and oxygen atoms in total. The number of rotatable bonds is 3. The summed E-state index contributed by atoms with van der Waals surface area (Å²) < 4.78 is 1.04. The van der Waals surface area contributed by atoms with Crippen molar-refractivity contribution >= 4 is 38.8 Å². The summed E-state index contributed by atoms with van der Waals surface area (Å²) in [4.78, 5) is 16.6. The van der Waals surface area contributed by atoms with Crippen molar-refractivity contribution < 1.29 is 4.79 Å². The zero-order valence-electron chi connectivity index (χ0n) is 11.7. The number of anilines is 2. The van der Waals surface area contributed by atoms with Gasteiger partial charge in [0.1, 0.15) is 0 Å². The number of nitrogen functional groups attached to an aromatic ring is 1. The first-order valence-electron chi connectivity index (χ1n) is 6.59. The second-order valence-electron chi connectivity index (χ2n) is 4.69. The smallest absolute Gasteiger partial charge is 0.278 e. The van der Waals surface area contributed by atoms with Crippen molar-refractivity contribution in [1.29, 1.82) is 0 Å². The third-order valence-corrected chi connectivity index (χ3v) is 4.14. The summed E-state index contributed by atoms with van der Waals surface area (Å²) in [5.41, 5.74) is 8.95. The van der Waals surface area contributed by atoms with E-state index in [9.17, 15) is 4.79 Å². The molecule has 4 N–H and O–H groups in total. The van der Waals surface area contributed by atoms with Crippen molar-refractivity contribution in [2.45, 2.75) is 20.3 Å². The van der Waals surface area contributed by atoms with Crippen LogP contribution in [0.3, 0.4) is 0 Å². The Labute approximate surface area is 125 Å². The number of thiazole rings is 1. The van der Waals surface area contributed by atoms with Gasteiger partial charge >= 0.3 is 0 Å². The molecule has 7 heteroatoms. The number of carbonyl (C=O) groups is 1. The summed E-state index contributed by atoms with van der Waals surface area (Å²) in [6, 6.07) is 5.62. The van der Waals surface area contributed by atoms with E-state index in [1.54, 1.807) is 11.3 Å². The normalized spacial score (nSPS) is 11.0. The van der Waals surface area contributed by atoms with Crippen LogP contribution in [0.1, 0.15) is 28.1 Å². The molecule has 0 aliphatic heterocycles. The molecule has 1 aromatic carbocycles. The van der Waals surface area contributed by atoms with Gasteiger partial charge < -0.3 is 11.1 Å². The van der Waals surface area contributed by atoms with Gasteiger partial charge in [0.15, 0.2) is 5.69 Å². The van der Waals surface area contributed by atoms with Crippen molar-refractivity contribution in [2.75, 3.05) is 11.1 Å². The van der Waals surface area contributed by atoms with E-state index in [0.717, 1.165) is 20.9 Å². The lowest BCUT2D eigenvalue weighted by molar-refractivity contribution is 0.102. The SMILES string of the molecule is CCc1[nH]nc(C(=O)Nc2ccc3nc(C)sc3c2)c1N. The summed E-state index contributed by atoms with van der Waals surface area (Å²) in [5.74, 6) is -0.316. The van der Waals surface area contributed by atoms with Crippen molar-refractivity contribution in [1.82, 2.24) is 15.2 Å². The van der Waals surface area contributed by atoms with Gasteiger partial charge in [-0.15, -0.1) is 11.3 Å². The van der Waals surface area contributed by atoms with E-state index in [-0.39, 0.29) is 11.6 Å². The highest BCUT2D eigenvalue weighted by molar-refractivity contribution is 7.18. The molecule has 3 aromatic rings. The number of amides is 1. The minimum atomic E-state index is -0.316. The molecular formula is C14H15N5OS. The third-order valence-electron chi connectivity index (χ3n) is 3.20. The molecule has 0 aliphatic rings. The maximum atomic E-state index is 12.2. The predicted octanol–water partition coefficient (Wildman–Crippen LogP) is 2.72. The Balaban J connectivity index is 1.86. The number of benzene rings is 1. The number of nitrogens with zero attached hydrogens (tertiary/aromatic N) is 2. The van der Waals surface area contributed by atoms with E-state index in [4.69, 9.17) is 5.73 Å². The lowest BCUT2D eigenvalue weighted by Crippen LogP contribution is -2.14. The molecule has 0 atom stereocenters. The largest absolute Gasteiger partial charge is 0.395 e. The van der Waals surface area contributed by atoms with Gasteiger partial charge in [-0.3, -0.25) is 9.89 Å².